The van der Waals surface area contributed by atoms with Crippen LogP contribution in [0.5, 0.6) is 0 Å². The second kappa shape index (κ2) is 8.15. The van der Waals surface area contributed by atoms with Crippen molar-refractivity contribution >= 4 is 16.8 Å². The van der Waals surface area contributed by atoms with E-state index in [-0.39, 0.29) is 11.7 Å². The minimum atomic E-state index is -0.247. The molecule has 1 heterocycles. The summed E-state index contributed by atoms with van der Waals surface area (Å²) in [5, 5.41) is 3.91. The Kier molecular flexibility index (Phi) is 5.40. The lowest BCUT2D eigenvalue weighted by Gasteiger charge is -2.09. The van der Waals surface area contributed by atoms with Gasteiger partial charge >= 0.3 is 0 Å². The smallest absolute Gasteiger partial charge is 0.251 e. The van der Waals surface area contributed by atoms with E-state index in [1.165, 1.54) is 17.2 Å². The molecule has 0 atom stereocenters. The number of aryl methyl sites for hydroxylation is 3. The van der Waals surface area contributed by atoms with Gasteiger partial charge in [-0.15, -0.1) is 0 Å². The molecule has 1 aromatic heterocycles. The Morgan fingerprint density at radius 1 is 0.933 bits per heavy atom. The molecule has 0 radical (unpaired) electrons. The topological polar surface area (TPSA) is 44.9 Å². The zero-order chi connectivity index (χ0) is 21.3. The van der Waals surface area contributed by atoms with Crippen LogP contribution in [0, 0.1) is 26.6 Å². The summed E-state index contributed by atoms with van der Waals surface area (Å²) in [5.74, 6) is -0.352. The number of fused-ring (bicyclic) bond motifs is 1. The lowest BCUT2D eigenvalue weighted by atomic mass is 9.99. The summed E-state index contributed by atoms with van der Waals surface area (Å²) in [5.41, 5.74) is 7.66. The van der Waals surface area contributed by atoms with Crippen LogP contribution in [-0.4, -0.2) is 17.4 Å². The van der Waals surface area contributed by atoms with Crippen molar-refractivity contribution in [1.82, 2.24) is 10.3 Å². The molecule has 0 aliphatic carbocycles. The van der Waals surface area contributed by atoms with Crippen LogP contribution >= 0.6 is 0 Å². The van der Waals surface area contributed by atoms with Crippen LogP contribution < -0.4 is 5.32 Å². The Bertz CT molecular complexity index is 1220. The molecule has 3 nitrogen and oxygen atoms in total. The summed E-state index contributed by atoms with van der Waals surface area (Å²) in [4.78, 5) is 15.7. The van der Waals surface area contributed by atoms with E-state index in [1.54, 1.807) is 6.07 Å². The average Bonchev–Trinajstić information content (AvgIpc) is 3.09. The Labute approximate surface area is 176 Å². The van der Waals surface area contributed by atoms with Gasteiger partial charge in [0.25, 0.3) is 5.91 Å². The number of nitrogens with one attached hydrogen (secondary N) is 2. The van der Waals surface area contributed by atoms with Gasteiger partial charge in [-0.05, 0) is 73.2 Å². The Hall–Kier alpha value is -3.40. The lowest BCUT2D eigenvalue weighted by molar-refractivity contribution is 0.0954. The van der Waals surface area contributed by atoms with Crippen LogP contribution in [0.3, 0.4) is 0 Å². The van der Waals surface area contributed by atoms with Crippen LogP contribution in [0.25, 0.3) is 22.0 Å². The largest absolute Gasteiger partial charge is 0.356 e. The molecule has 0 saturated heterocycles. The number of hydrogen-bond acceptors (Lipinski definition) is 1. The highest BCUT2D eigenvalue weighted by atomic mass is 19.1. The molecule has 4 heteroatoms. The number of rotatable bonds is 5. The summed E-state index contributed by atoms with van der Waals surface area (Å²) in [6, 6.07) is 19.1. The van der Waals surface area contributed by atoms with E-state index in [0.717, 1.165) is 27.8 Å². The SMILES string of the molecule is Cc1ccccc1-c1ccc(C(=O)NCCc2c(C)[nH]c3c(F)ccc(C)c23)cc1. The summed E-state index contributed by atoms with van der Waals surface area (Å²) >= 11 is 0. The number of hydrogen-bond donors (Lipinski definition) is 2. The molecule has 4 aromatic rings. The molecule has 152 valence electrons. The summed E-state index contributed by atoms with van der Waals surface area (Å²) in [7, 11) is 0. The van der Waals surface area contributed by atoms with Gasteiger partial charge in [0, 0.05) is 23.2 Å². The molecule has 0 unspecified atom stereocenters. The first-order chi connectivity index (χ1) is 14.5. The first-order valence-corrected chi connectivity index (χ1v) is 10.2. The molecular formula is C26H25FN2O. The fourth-order valence-electron chi connectivity index (χ4n) is 4.06. The maximum Gasteiger partial charge on any atom is 0.251 e. The van der Waals surface area contributed by atoms with Crippen molar-refractivity contribution in [2.45, 2.75) is 27.2 Å². The molecule has 0 aliphatic rings. The number of benzene rings is 3. The highest BCUT2D eigenvalue weighted by Crippen LogP contribution is 2.28. The van der Waals surface area contributed by atoms with Gasteiger partial charge in [0.1, 0.15) is 5.82 Å². The molecule has 30 heavy (non-hydrogen) atoms. The van der Waals surface area contributed by atoms with Gasteiger partial charge < -0.3 is 10.3 Å². The first kappa shape index (κ1) is 19.9. The van der Waals surface area contributed by atoms with Gasteiger partial charge in [0.05, 0.1) is 5.52 Å². The molecular weight excluding hydrogens is 375 g/mol. The number of aromatic amines is 1. The molecule has 3 aromatic carbocycles. The maximum atomic E-state index is 14.1. The van der Waals surface area contributed by atoms with Crippen molar-refractivity contribution in [3.05, 3.63) is 94.4 Å². The molecule has 0 saturated carbocycles. The fourth-order valence-corrected chi connectivity index (χ4v) is 4.06. The molecule has 2 N–H and O–H groups in total. The van der Waals surface area contributed by atoms with Gasteiger partial charge in [-0.2, -0.15) is 0 Å². The van der Waals surface area contributed by atoms with E-state index in [0.29, 0.717) is 24.0 Å². The zero-order valence-electron chi connectivity index (χ0n) is 17.5. The highest BCUT2D eigenvalue weighted by Gasteiger charge is 2.14. The summed E-state index contributed by atoms with van der Waals surface area (Å²) in [6.45, 7) is 6.49. The van der Waals surface area contributed by atoms with Crippen LogP contribution in [-0.2, 0) is 6.42 Å². The third kappa shape index (κ3) is 3.73. The van der Waals surface area contributed by atoms with Crippen LogP contribution in [0.2, 0.25) is 0 Å². The monoisotopic (exact) mass is 400 g/mol. The van der Waals surface area contributed by atoms with Crippen LogP contribution in [0.1, 0.15) is 32.7 Å². The third-order valence-electron chi connectivity index (χ3n) is 5.69. The highest BCUT2D eigenvalue weighted by molar-refractivity contribution is 5.95. The Morgan fingerprint density at radius 3 is 2.40 bits per heavy atom. The predicted octanol–water partition coefficient (Wildman–Crippen LogP) is 5.87. The van der Waals surface area contributed by atoms with E-state index in [4.69, 9.17) is 0 Å². The summed E-state index contributed by atoms with van der Waals surface area (Å²) < 4.78 is 14.1. The normalized spacial score (nSPS) is 11.1. The van der Waals surface area contributed by atoms with Crippen LogP contribution in [0.4, 0.5) is 4.39 Å². The van der Waals surface area contributed by atoms with E-state index in [2.05, 4.69) is 29.4 Å². The molecule has 4 rings (SSSR count). The second-order valence-corrected chi connectivity index (χ2v) is 7.74. The summed E-state index contributed by atoms with van der Waals surface area (Å²) in [6.07, 6.45) is 0.642. The van der Waals surface area contributed by atoms with Gasteiger partial charge in [-0.25, -0.2) is 4.39 Å². The predicted molar refractivity (Wildman–Crippen MR) is 120 cm³/mol. The molecule has 0 fully saturated rings. The number of carbonyl (C=O) groups excluding carboxylic acids is 1. The average molecular weight is 400 g/mol. The maximum absolute atomic E-state index is 14.1. The molecule has 0 bridgehead atoms. The van der Waals surface area contributed by atoms with Crippen molar-refractivity contribution < 1.29 is 9.18 Å². The van der Waals surface area contributed by atoms with Crippen molar-refractivity contribution in [1.29, 1.82) is 0 Å². The molecule has 0 aliphatic heterocycles. The lowest BCUT2D eigenvalue weighted by Crippen LogP contribution is -2.25. The number of halogens is 1. The van der Waals surface area contributed by atoms with Crippen molar-refractivity contribution in [3.8, 4) is 11.1 Å². The first-order valence-electron chi connectivity index (χ1n) is 10.2. The van der Waals surface area contributed by atoms with E-state index in [1.807, 2.05) is 50.2 Å². The zero-order valence-corrected chi connectivity index (χ0v) is 17.5. The minimum absolute atomic E-state index is 0.105. The van der Waals surface area contributed by atoms with Crippen LogP contribution in [0.15, 0.2) is 60.7 Å². The van der Waals surface area contributed by atoms with E-state index in [9.17, 15) is 9.18 Å². The van der Waals surface area contributed by atoms with Crippen molar-refractivity contribution in [2.75, 3.05) is 6.54 Å². The van der Waals surface area contributed by atoms with Gasteiger partial charge in [-0.1, -0.05) is 42.5 Å². The van der Waals surface area contributed by atoms with Gasteiger partial charge in [0.15, 0.2) is 0 Å². The Balaban J connectivity index is 1.45. The second-order valence-electron chi connectivity index (χ2n) is 7.74. The van der Waals surface area contributed by atoms with Gasteiger partial charge in [0.2, 0.25) is 0 Å². The number of amides is 1. The van der Waals surface area contributed by atoms with Crippen molar-refractivity contribution in [2.24, 2.45) is 0 Å². The number of aromatic nitrogens is 1. The third-order valence-corrected chi connectivity index (χ3v) is 5.69. The fraction of sp³-hybridized carbons (Fsp3) is 0.192. The minimum Gasteiger partial charge on any atom is -0.356 e. The molecule has 0 spiro atoms. The van der Waals surface area contributed by atoms with E-state index < -0.39 is 0 Å². The molecule has 1 amide bonds. The number of H-pyrrole nitrogens is 1. The standard InChI is InChI=1S/C26H25FN2O/c1-16-6-4-5-7-21(16)19-9-11-20(12-10-19)26(30)28-15-14-22-18(3)29-25-23(27)13-8-17(2)24(22)25/h4-13,29H,14-15H2,1-3H3,(H,28,30). The van der Waals surface area contributed by atoms with E-state index >= 15 is 0 Å². The quantitative estimate of drug-likeness (QED) is 0.432. The van der Waals surface area contributed by atoms with Crippen molar-refractivity contribution in [3.63, 3.8) is 0 Å². The Morgan fingerprint density at radius 2 is 1.67 bits per heavy atom. The van der Waals surface area contributed by atoms with Gasteiger partial charge in [-0.3, -0.25) is 4.79 Å². The number of carbonyl (C=O) groups is 1.